The summed E-state index contributed by atoms with van der Waals surface area (Å²) >= 11 is 0. The molecule has 0 aromatic heterocycles. The predicted molar refractivity (Wildman–Crippen MR) is 92.3 cm³/mol. The molecule has 0 bridgehead atoms. The molecular formula is C19H26OSi. The molecule has 1 nitrogen and oxygen atoms in total. The van der Waals surface area contributed by atoms with Crippen molar-refractivity contribution in [3.05, 3.63) is 52.8 Å². The minimum atomic E-state index is -0.670. The Morgan fingerprint density at radius 1 is 1.00 bits per heavy atom. The molecule has 0 radical (unpaired) electrons. The Labute approximate surface area is 131 Å². The Kier molecular flexibility index (Phi) is 4.07. The van der Waals surface area contributed by atoms with Gasteiger partial charge in [-0.05, 0) is 53.9 Å². The van der Waals surface area contributed by atoms with Crippen molar-refractivity contribution in [1.29, 1.82) is 0 Å². The Bertz CT molecular complexity index is 575. The zero-order valence-corrected chi connectivity index (χ0v) is 15.0. The standard InChI is InChI=1S/C19H26OSi/c1-19(2,3)17-13-14-9-7-8-12-16(14)18(17)20-21-15-10-5-4-6-11-15/h4-6,10-11H,7-9,12-13,21H2,1-3H3. The fourth-order valence-corrected chi connectivity index (χ4v) is 4.55. The Hall–Kier alpha value is -1.28. The highest BCUT2D eigenvalue weighted by molar-refractivity contribution is 6.47. The number of rotatable bonds is 3. The van der Waals surface area contributed by atoms with E-state index >= 15 is 0 Å². The maximum atomic E-state index is 6.46. The molecule has 0 heterocycles. The van der Waals surface area contributed by atoms with Crippen LogP contribution in [-0.2, 0) is 4.43 Å². The Morgan fingerprint density at radius 3 is 2.43 bits per heavy atom. The van der Waals surface area contributed by atoms with Crippen LogP contribution in [0.4, 0.5) is 0 Å². The van der Waals surface area contributed by atoms with Gasteiger partial charge in [-0.1, -0.05) is 56.7 Å². The summed E-state index contributed by atoms with van der Waals surface area (Å²) in [7, 11) is -0.670. The van der Waals surface area contributed by atoms with E-state index in [9.17, 15) is 0 Å². The summed E-state index contributed by atoms with van der Waals surface area (Å²) in [6.45, 7) is 6.98. The minimum Gasteiger partial charge on any atom is -0.545 e. The van der Waals surface area contributed by atoms with E-state index in [1.54, 1.807) is 11.1 Å². The summed E-state index contributed by atoms with van der Waals surface area (Å²) in [5.41, 5.74) is 4.99. The van der Waals surface area contributed by atoms with Crippen LogP contribution in [0, 0.1) is 5.41 Å². The van der Waals surface area contributed by atoms with Gasteiger partial charge in [-0.25, -0.2) is 0 Å². The highest BCUT2D eigenvalue weighted by Crippen LogP contribution is 2.47. The first-order chi connectivity index (χ1) is 10.1. The fourth-order valence-electron chi connectivity index (χ4n) is 3.42. The van der Waals surface area contributed by atoms with E-state index in [-0.39, 0.29) is 5.41 Å². The molecular weight excluding hydrogens is 272 g/mol. The lowest BCUT2D eigenvalue weighted by Gasteiger charge is -2.24. The van der Waals surface area contributed by atoms with Crippen molar-refractivity contribution in [2.75, 3.05) is 0 Å². The molecule has 0 saturated carbocycles. The van der Waals surface area contributed by atoms with Crippen molar-refractivity contribution in [2.24, 2.45) is 5.41 Å². The van der Waals surface area contributed by atoms with Gasteiger partial charge < -0.3 is 4.43 Å². The van der Waals surface area contributed by atoms with E-state index in [2.05, 4.69) is 51.1 Å². The van der Waals surface area contributed by atoms with Gasteiger partial charge in [-0.15, -0.1) is 0 Å². The van der Waals surface area contributed by atoms with Crippen LogP contribution < -0.4 is 5.19 Å². The molecule has 0 spiro atoms. The first-order valence-corrected chi connectivity index (χ1v) is 9.46. The monoisotopic (exact) mass is 298 g/mol. The third-order valence-corrected chi connectivity index (χ3v) is 5.89. The quantitative estimate of drug-likeness (QED) is 0.767. The lowest BCUT2D eigenvalue weighted by Crippen LogP contribution is -2.19. The molecule has 1 aromatic rings. The minimum absolute atomic E-state index is 0.220. The van der Waals surface area contributed by atoms with Gasteiger partial charge in [0.2, 0.25) is 0 Å². The van der Waals surface area contributed by atoms with Crippen molar-refractivity contribution in [3.63, 3.8) is 0 Å². The molecule has 0 unspecified atom stereocenters. The first-order valence-electron chi connectivity index (χ1n) is 8.17. The first kappa shape index (κ1) is 14.6. The number of hydrogen-bond donors (Lipinski definition) is 0. The van der Waals surface area contributed by atoms with Crippen LogP contribution in [0.25, 0.3) is 0 Å². The maximum absolute atomic E-state index is 6.46. The second-order valence-electron chi connectivity index (χ2n) is 7.30. The second kappa shape index (κ2) is 5.84. The SMILES string of the molecule is CC(C)(C)C1=C(O[SiH2]c2ccccc2)C2=C(CCCC2)C1. The van der Waals surface area contributed by atoms with Gasteiger partial charge in [-0.2, -0.15) is 0 Å². The van der Waals surface area contributed by atoms with Gasteiger partial charge >= 0.3 is 0 Å². The third kappa shape index (κ3) is 3.15. The van der Waals surface area contributed by atoms with E-state index in [1.165, 1.54) is 42.2 Å². The van der Waals surface area contributed by atoms with Crippen molar-refractivity contribution in [1.82, 2.24) is 0 Å². The van der Waals surface area contributed by atoms with Gasteiger partial charge in [0.25, 0.3) is 9.76 Å². The Morgan fingerprint density at radius 2 is 1.71 bits per heavy atom. The Balaban J connectivity index is 1.84. The van der Waals surface area contributed by atoms with Crippen LogP contribution in [0.2, 0.25) is 0 Å². The molecule has 0 atom stereocenters. The molecule has 0 aliphatic heterocycles. The van der Waals surface area contributed by atoms with E-state index in [0.29, 0.717) is 0 Å². The second-order valence-corrected chi connectivity index (χ2v) is 8.69. The largest absolute Gasteiger partial charge is 0.545 e. The van der Waals surface area contributed by atoms with Crippen LogP contribution >= 0.6 is 0 Å². The van der Waals surface area contributed by atoms with Gasteiger partial charge in [0, 0.05) is 0 Å². The average molecular weight is 299 g/mol. The predicted octanol–water partition coefficient (Wildman–Crippen LogP) is 3.99. The maximum Gasteiger partial charge on any atom is 0.251 e. The zero-order valence-electron chi connectivity index (χ0n) is 13.5. The van der Waals surface area contributed by atoms with E-state index < -0.39 is 9.76 Å². The van der Waals surface area contributed by atoms with Crippen molar-refractivity contribution in [3.8, 4) is 0 Å². The molecule has 112 valence electrons. The molecule has 3 rings (SSSR count). The molecule has 1 aromatic carbocycles. The third-order valence-electron chi connectivity index (χ3n) is 4.65. The molecule has 21 heavy (non-hydrogen) atoms. The summed E-state index contributed by atoms with van der Waals surface area (Å²) in [6, 6.07) is 10.7. The van der Waals surface area contributed by atoms with Crippen LogP contribution in [0.3, 0.4) is 0 Å². The lowest BCUT2D eigenvalue weighted by molar-refractivity contribution is 0.416. The topological polar surface area (TPSA) is 9.23 Å². The molecule has 0 amide bonds. The van der Waals surface area contributed by atoms with Crippen LogP contribution in [0.5, 0.6) is 0 Å². The van der Waals surface area contributed by atoms with Crippen molar-refractivity contribution in [2.45, 2.75) is 52.9 Å². The van der Waals surface area contributed by atoms with Gasteiger partial charge in [0.15, 0.2) is 0 Å². The van der Waals surface area contributed by atoms with Gasteiger partial charge in [0.05, 0.1) is 0 Å². The molecule has 2 aliphatic rings. The molecule has 2 aliphatic carbocycles. The van der Waals surface area contributed by atoms with Crippen molar-refractivity contribution < 1.29 is 4.43 Å². The highest BCUT2D eigenvalue weighted by atomic mass is 28.2. The normalized spacial score (nSPS) is 19.6. The van der Waals surface area contributed by atoms with E-state index in [1.807, 2.05) is 0 Å². The number of benzene rings is 1. The van der Waals surface area contributed by atoms with Gasteiger partial charge in [0.1, 0.15) is 5.76 Å². The summed E-state index contributed by atoms with van der Waals surface area (Å²) in [6.07, 6.45) is 6.37. The smallest absolute Gasteiger partial charge is 0.251 e. The molecule has 0 saturated heterocycles. The van der Waals surface area contributed by atoms with E-state index in [0.717, 1.165) is 6.42 Å². The number of allylic oxidation sites excluding steroid dienone is 3. The number of hydrogen-bond acceptors (Lipinski definition) is 1. The van der Waals surface area contributed by atoms with Crippen molar-refractivity contribution >= 4 is 14.9 Å². The molecule has 2 heteroatoms. The summed E-state index contributed by atoms with van der Waals surface area (Å²) in [5, 5.41) is 1.39. The average Bonchev–Trinajstić information content (AvgIpc) is 2.85. The summed E-state index contributed by atoms with van der Waals surface area (Å²) < 4.78 is 6.46. The molecule has 0 fully saturated rings. The summed E-state index contributed by atoms with van der Waals surface area (Å²) in [5.74, 6) is 1.28. The van der Waals surface area contributed by atoms with Crippen LogP contribution in [-0.4, -0.2) is 9.76 Å². The van der Waals surface area contributed by atoms with Gasteiger partial charge in [-0.3, -0.25) is 0 Å². The fraction of sp³-hybridized carbons (Fsp3) is 0.474. The summed E-state index contributed by atoms with van der Waals surface area (Å²) in [4.78, 5) is 0. The van der Waals surface area contributed by atoms with Crippen LogP contribution in [0.1, 0.15) is 52.9 Å². The molecule has 0 N–H and O–H groups in total. The highest BCUT2D eigenvalue weighted by Gasteiger charge is 2.33. The lowest BCUT2D eigenvalue weighted by atomic mass is 9.84. The zero-order chi connectivity index (χ0) is 14.9. The van der Waals surface area contributed by atoms with Crippen LogP contribution in [0.15, 0.2) is 52.8 Å². The van der Waals surface area contributed by atoms with E-state index in [4.69, 9.17) is 4.43 Å².